The van der Waals surface area contributed by atoms with Gasteiger partial charge in [-0.1, -0.05) is 42.5 Å². The van der Waals surface area contributed by atoms with E-state index in [-0.39, 0.29) is 5.91 Å². The molecule has 0 aliphatic heterocycles. The summed E-state index contributed by atoms with van der Waals surface area (Å²) in [7, 11) is 1.83. The monoisotopic (exact) mass is 359 g/mol. The molecule has 2 aromatic carbocycles. The molecule has 1 amide bonds. The first-order valence-corrected chi connectivity index (χ1v) is 8.99. The van der Waals surface area contributed by atoms with Crippen molar-refractivity contribution in [2.24, 2.45) is 0 Å². The summed E-state index contributed by atoms with van der Waals surface area (Å²) >= 11 is 0. The number of carbonyl (C=O) groups excluding carboxylic acids is 1. The SMILES string of the molecule is CN(CCCc1cc(-c2ccccc2)n[nH]1)C(=O)c1cccc2cn[nH]c12. The van der Waals surface area contributed by atoms with E-state index >= 15 is 0 Å². The molecule has 0 atom stereocenters. The second-order valence-corrected chi connectivity index (χ2v) is 6.61. The second kappa shape index (κ2) is 7.45. The number of rotatable bonds is 6. The van der Waals surface area contributed by atoms with Crippen LogP contribution in [0, 0.1) is 0 Å². The zero-order chi connectivity index (χ0) is 18.6. The third-order valence-electron chi connectivity index (χ3n) is 4.69. The molecule has 2 aromatic heterocycles. The van der Waals surface area contributed by atoms with Crippen LogP contribution < -0.4 is 0 Å². The zero-order valence-electron chi connectivity index (χ0n) is 15.1. The van der Waals surface area contributed by atoms with Crippen molar-refractivity contribution in [2.75, 3.05) is 13.6 Å². The van der Waals surface area contributed by atoms with Gasteiger partial charge >= 0.3 is 0 Å². The maximum absolute atomic E-state index is 12.7. The second-order valence-electron chi connectivity index (χ2n) is 6.61. The fourth-order valence-electron chi connectivity index (χ4n) is 3.21. The van der Waals surface area contributed by atoms with E-state index in [1.165, 1.54) is 0 Å². The Labute approximate surface area is 157 Å². The van der Waals surface area contributed by atoms with E-state index in [1.54, 1.807) is 11.1 Å². The molecule has 0 aliphatic carbocycles. The third kappa shape index (κ3) is 3.60. The molecule has 0 saturated heterocycles. The van der Waals surface area contributed by atoms with Crippen molar-refractivity contribution >= 4 is 16.8 Å². The number of carbonyl (C=O) groups is 1. The Balaban J connectivity index is 1.36. The number of nitrogens with zero attached hydrogens (tertiary/aromatic N) is 3. The number of aromatic nitrogens is 4. The minimum Gasteiger partial charge on any atom is -0.342 e. The molecule has 4 aromatic rings. The van der Waals surface area contributed by atoms with Crippen molar-refractivity contribution in [1.82, 2.24) is 25.3 Å². The van der Waals surface area contributed by atoms with Gasteiger partial charge in [-0.25, -0.2) is 0 Å². The minimum atomic E-state index is -0.000523. The van der Waals surface area contributed by atoms with Crippen molar-refractivity contribution in [3.05, 3.63) is 72.1 Å². The Hall–Kier alpha value is -3.41. The summed E-state index contributed by atoms with van der Waals surface area (Å²) < 4.78 is 0. The highest BCUT2D eigenvalue weighted by Crippen LogP contribution is 2.19. The normalized spacial score (nSPS) is 11.0. The predicted octanol–water partition coefficient (Wildman–Crippen LogP) is 3.66. The summed E-state index contributed by atoms with van der Waals surface area (Å²) in [6.45, 7) is 0.670. The molecule has 2 N–H and O–H groups in total. The first-order chi connectivity index (χ1) is 13.2. The van der Waals surface area contributed by atoms with E-state index < -0.39 is 0 Å². The van der Waals surface area contributed by atoms with Gasteiger partial charge in [0.25, 0.3) is 5.91 Å². The summed E-state index contributed by atoms with van der Waals surface area (Å²) in [5.74, 6) is -0.000523. The lowest BCUT2D eigenvalue weighted by molar-refractivity contribution is 0.0795. The van der Waals surface area contributed by atoms with E-state index in [1.807, 2.05) is 55.6 Å². The Morgan fingerprint density at radius 2 is 1.93 bits per heavy atom. The van der Waals surface area contributed by atoms with Crippen molar-refractivity contribution in [3.8, 4) is 11.3 Å². The molecular weight excluding hydrogens is 338 g/mol. The number of benzene rings is 2. The Morgan fingerprint density at radius 3 is 2.78 bits per heavy atom. The van der Waals surface area contributed by atoms with E-state index in [4.69, 9.17) is 0 Å². The number of aromatic amines is 2. The molecule has 0 radical (unpaired) electrons. The van der Waals surface area contributed by atoms with Crippen LogP contribution in [0.5, 0.6) is 0 Å². The fourth-order valence-corrected chi connectivity index (χ4v) is 3.21. The fraction of sp³-hybridized carbons (Fsp3) is 0.190. The highest BCUT2D eigenvalue weighted by atomic mass is 16.2. The van der Waals surface area contributed by atoms with Gasteiger partial charge in [-0.3, -0.25) is 15.0 Å². The molecule has 0 bridgehead atoms. The molecule has 0 spiro atoms. The van der Waals surface area contributed by atoms with Crippen LogP contribution in [0.4, 0.5) is 0 Å². The Morgan fingerprint density at radius 1 is 1.07 bits per heavy atom. The van der Waals surface area contributed by atoms with Gasteiger partial charge in [-0.2, -0.15) is 10.2 Å². The van der Waals surface area contributed by atoms with Crippen molar-refractivity contribution in [3.63, 3.8) is 0 Å². The van der Waals surface area contributed by atoms with Crippen LogP contribution in [-0.4, -0.2) is 44.8 Å². The van der Waals surface area contributed by atoms with Crippen LogP contribution in [0.2, 0.25) is 0 Å². The molecule has 0 fully saturated rings. The largest absolute Gasteiger partial charge is 0.342 e. The minimum absolute atomic E-state index is 0.000523. The van der Waals surface area contributed by atoms with Gasteiger partial charge in [0.1, 0.15) is 0 Å². The number of aryl methyl sites for hydroxylation is 1. The summed E-state index contributed by atoms with van der Waals surface area (Å²) in [5, 5.41) is 15.4. The number of nitrogens with one attached hydrogen (secondary N) is 2. The molecule has 0 unspecified atom stereocenters. The van der Waals surface area contributed by atoms with Gasteiger partial charge in [0.15, 0.2) is 0 Å². The Bertz CT molecular complexity index is 1050. The van der Waals surface area contributed by atoms with Gasteiger partial charge in [0, 0.05) is 30.2 Å². The highest BCUT2D eigenvalue weighted by Gasteiger charge is 2.15. The summed E-state index contributed by atoms with van der Waals surface area (Å²) in [5.41, 5.74) is 4.56. The molecule has 136 valence electrons. The predicted molar refractivity (Wildman–Crippen MR) is 105 cm³/mol. The standard InChI is InChI=1S/C21H21N5O/c1-26(21(27)18-11-5-9-16-14-22-25-20(16)18)12-6-10-17-13-19(24-23-17)15-7-3-2-4-8-15/h2-5,7-9,11,13-14H,6,10,12H2,1H3,(H,22,25)(H,23,24). The number of hydrogen-bond acceptors (Lipinski definition) is 3. The first-order valence-electron chi connectivity index (χ1n) is 8.99. The van der Waals surface area contributed by atoms with Gasteiger partial charge in [0.2, 0.25) is 0 Å². The summed E-state index contributed by atoms with van der Waals surface area (Å²) in [4.78, 5) is 14.5. The maximum atomic E-state index is 12.7. The zero-order valence-corrected chi connectivity index (χ0v) is 15.1. The summed E-state index contributed by atoms with van der Waals surface area (Å²) in [6, 6.07) is 17.8. The third-order valence-corrected chi connectivity index (χ3v) is 4.69. The van der Waals surface area contributed by atoms with Gasteiger partial charge in [-0.15, -0.1) is 0 Å². The van der Waals surface area contributed by atoms with Gasteiger partial charge < -0.3 is 4.90 Å². The average molecular weight is 359 g/mol. The van der Waals surface area contributed by atoms with Crippen LogP contribution in [0.3, 0.4) is 0 Å². The first kappa shape index (κ1) is 17.0. The molecule has 2 heterocycles. The molecule has 4 rings (SSSR count). The molecule has 0 saturated carbocycles. The van der Waals surface area contributed by atoms with Crippen LogP contribution in [-0.2, 0) is 6.42 Å². The summed E-state index contributed by atoms with van der Waals surface area (Å²) in [6.07, 6.45) is 3.43. The lowest BCUT2D eigenvalue weighted by Crippen LogP contribution is -2.28. The van der Waals surface area contributed by atoms with E-state index in [2.05, 4.69) is 26.5 Å². The van der Waals surface area contributed by atoms with E-state index in [0.717, 1.165) is 40.7 Å². The van der Waals surface area contributed by atoms with Crippen molar-refractivity contribution in [1.29, 1.82) is 0 Å². The number of fused-ring (bicyclic) bond motifs is 1. The van der Waals surface area contributed by atoms with E-state index in [0.29, 0.717) is 12.1 Å². The molecule has 27 heavy (non-hydrogen) atoms. The quantitative estimate of drug-likeness (QED) is 0.551. The van der Waals surface area contributed by atoms with Crippen LogP contribution in [0.25, 0.3) is 22.2 Å². The maximum Gasteiger partial charge on any atom is 0.255 e. The smallest absolute Gasteiger partial charge is 0.255 e. The van der Waals surface area contributed by atoms with Crippen molar-refractivity contribution in [2.45, 2.75) is 12.8 Å². The van der Waals surface area contributed by atoms with Crippen LogP contribution >= 0.6 is 0 Å². The lowest BCUT2D eigenvalue weighted by Gasteiger charge is -2.17. The molecule has 6 heteroatoms. The average Bonchev–Trinajstić information content (AvgIpc) is 3.37. The topological polar surface area (TPSA) is 77.7 Å². The van der Waals surface area contributed by atoms with Crippen LogP contribution in [0.15, 0.2) is 60.8 Å². The van der Waals surface area contributed by atoms with Gasteiger partial charge in [-0.05, 0) is 25.0 Å². The Kier molecular flexibility index (Phi) is 4.70. The number of hydrogen-bond donors (Lipinski definition) is 2. The number of H-pyrrole nitrogens is 2. The lowest BCUT2D eigenvalue weighted by atomic mass is 10.1. The van der Waals surface area contributed by atoms with Crippen LogP contribution in [0.1, 0.15) is 22.5 Å². The molecule has 6 nitrogen and oxygen atoms in total. The highest BCUT2D eigenvalue weighted by molar-refractivity contribution is 6.05. The van der Waals surface area contributed by atoms with Gasteiger partial charge in [0.05, 0.1) is 23.0 Å². The molecule has 0 aliphatic rings. The number of amides is 1. The molecular formula is C21H21N5O. The van der Waals surface area contributed by atoms with E-state index in [9.17, 15) is 4.79 Å². The van der Waals surface area contributed by atoms with Crippen molar-refractivity contribution < 1.29 is 4.79 Å². The number of para-hydroxylation sites is 1.